The molecule has 0 aromatic heterocycles. The van der Waals surface area contributed by atoms with Crippen LogP contribution in [0.3, 0.4) is 0 Å². The lowest BCUT2D eigenvalue weighted by Crippen LogP contribution is -2.62. The minimum Gasteiger partial charge on any atom is -0.350 e. The first kappa shape index (κ1) is 26.0. The molecule has 2 saturated carbocycles. The predicted molar refractivity (Wildman–Crippen MR) is 132 cm³/mol. The van der Waals surface area contributed by atoms with E-state index in [1.165, 1.54) is 6.42 Å². The van der Waals surface area contributed by atoms with Gasteiger partial charge in [-0.15, -0.1) is 12.4 Å². The Hall–Kier alpha value is -0.570. The highest BCUT2D eigenvalue weighted by Gasteiger charge is 2.41. The maximum atomic E-state index is 12.8. The Bertz CT molecular complexity index is 910. The average Bonchev–Trinajstić information content (AvgIpc) is 3.56. The number of nitrogens with zero attached hydrogens (tertiary/aromatic N) is 2. The van der Waals surface area contributed by atoms with Crippen molar-refractivity contribution >= 4 is 51.5 Å². The second kappa shape index (κ2) is 10.8. The van der Waals surface area contributed by atoms with Crippen LogP contribution < -0.4 is 5.32 Å². The molecular weight excluding hydrogens is 493 g/mol. The Morgan fingerprint density at radius 3 is 2.31 bits per heavy atom. The van der Waals surface area contributed by atoms with E-state index in [0.717, 1.165) is 38.5 Å². The first-order valence-corrected chi connectivity index (χ1v) is 13.6. The largest absolute Gasteiger partial charge is 0.350 e. The molecule has 3 fully saturated rings. The fraction of sp³-hybridized carbons (Fsp3) is 0.682. The number of amides is 1. The first-order valence-electron chi connectivity index (χ1n) is 11.3. The summed E-state index contributed by atoms with van der Waals surface area (Å²) in [5, 5.41) is 3.95. The molecule has 1 amide bonds. The summed E-state index contributed by atoms with van der Waals surface area (Å²) in [6, 6.07) is 4.90. The minimum absolute atomic E-state index is 0. The van der Waals surface area contributed by atoms with Gasteiger partial charge in [-0.05, 0) is 49.8 Å². The summed E-state index contributed by atoms with van der Waals surface area (Å²) in [5.74, 6) is 0.468. The van der Waals surface area contributed by atoms with Crippen LogP contribution in [0, 0.1) is 5.92 Å². The number of rotatable bonds is 7. The van der Waals surface area contributed by atoms with E-state index in [-0.39, 0.29) is 23.9 Å². The first-order chi connectivity index (χ1) is 14.8. The van der Waals surface area contributed by atoms with Gasteiger partial charge in [-0.3, -0.25) is 9.69 Å². The third kappa shape index (κ3) is 6.10. The molecule has 10 heteroatoms. The summed E-state index contributed by atoms with van der Waals surface area (Å²) >= 11 is 12.2. The second-order valence-corrected chi connectivity index (χ2v) is 12.1. The van der Waals surface area contributed by atoms with Gasteiger partial charge < -0.3 is 5.32 Å². The van der Waals surface area contributed by atoms with Crippen LogP contribution in [0.4, 0.5) is 0 Å². The van der Waals surface area contributed by atoms with E-state index in [9.17, 15) is 13.2 Å². The SMILES string of the molecule is Cl.O=C(NCC1(N2CCN(S(=O)(=O)CC3CC3)CC2)CCCCC1)c1ccc(Cl)cc1Cl. The molecule has 3 aliphatic rings. The van der Waals surface area contributed by atoms with Crippen molar-refractivity contribution < 1.29 is 13.2 Å². The molecule has 0 atom stereocenters. The topological polar surface area (TPSA) is 69.7 Å². The van der Waals surface area contributed by atoms with Crippen LogP contribution >= 0.6 is 35.6 Å². The van der Waals surface area contributed by atoms with Crippen molar-refractivity contribution in [3.05, 3.63) is 33.8 Å². The molecule has 32 heavy (non-hydrogen) atoms. The second-order valence-electron chi connectivity index (χ2n) is 9.20. The smallest absolute Gasteiger partial charge is 0.252 e. The molecule has 1 heterocycles. The van der Waals surface area contributed by atoms with Gasteiger partial charge in [-0.25, -0.2) is 8.42 Å². The highest BCUT2D eigenvalue weighted by molar-refractivity contribution is 7.89. The molecule has 4 rings (SSSR count). The van der Waals surface area contributed by atoms with E-state index < -0.39 is 10.0 Å². The molecule has 0 unspecified atom stereocenters. The van der Waals surface area contributed by atoms with E-state index in [1.807, 2.05) is 0 Å². The molecule has 1 N–H and O–H groups in total. The Kier molecular flexibility index (Phi) is 8.78. The fourth-order valence-corrected chi connectivity index (χ4v) is 7.31. The van der Waals surface area contributed by atoms with Crippen molar-refractivity contribution in [1.29, 1.82) is 0 Å². The Morgan fingerprint density at radius 2 is 1.72 bits per heavy atom. The predicted octanol–water partition coefficient (Wildman–Crippen LogP) is 4.21. The van der Waals surface area contributed by atoms with Crippen molar-refractivity contribution in [2.45, 2.75) is 50.5 Å². The molecule has 6 nitrogen and oxygen atoms in total. The summed E-state index contributed by atoms with van der Waals surface area (Å²) in [7, 11) is -3.15. The van der Waals surface area contributed by atoms with Crippen LogP contribution in [0.1, 0.15) is 55.3 Å². The number of benzene rings is 1. The van der Waals surface area contributed by atoms with E-state index in [1.54, 1.807) is 22.5 Å². The number of hydrogen-bond donors (Lipinski definition) is 1. The van der Waals surface area contributed by atoms with Crippen LogP contribution in [0.5, 0.6) is 0 Å². The highest BCUT2D eigenvalue weighted by Crippen LogP contribution is 2.35. The van der Waals surface area contributed by atoms with Crippen molar-refractivity contribution in [3.63, 3.8) is 0 Å². The summed E-state index contributed by atoms with van der Waals surface area (Å²) in [5.41, 5.74) is 0.298. The lowest BCUT2D eigenvalue weighted by atomic mass is 9.79. The van der Waals surface area contributed by atoms with Gasteiger partial charge in [0.1, 0.15) is 0 Å². The quantitative estimate of drug-likeness (QED) is 0.580. The van der Waals surface area contributed by atoms with Crippen molar-refractivity contribution in [2.75, 3.05) is 38.5 Å². The molecule has 1 aliphatic heterocycles. The number of piperazine rings is 1. The van der Waals surface area contributed by atoms with E-state index in [4.69, 9.17) is 23.2 Å². The average molecular weight is 525 g/mol. The Balaban J connectivity index is 0.00000289. The lowest BCUT2D eigenvalue weighted by Gasteiger charge is -2.49. The molecule has 0 bridgehead atoms. The maximum absolute atomic E-state index is 12.8. The third-order valence-corrected chi connectivity index (χ3v) is 9.58. The summed E-state index contributed by atoms with van der Waals surface area (Å²) in [6.45, 7) is 3.03. The van der Waals surface area contributed by atoms with E-state index in [0.29, 0.717) is 60.0 Å². The van der Waals surface area contributed by atoms with E-state index >= 15 is 0 Å². The molecule has 0 spiro atoms. The van der Waals surface area contributed by atoms with Gasteiger partial charge in [0, 0.05) is 43.3 Å². The maximum Gasteiger partial charge on any atom is 0.252 e. The van der Waals surface area contributed by atoms with Gasteiger partial charge in [-0.2, -0.15) is 4.31 Å². The Labute approximate surface area is 207 Å². The third-order valence-electron chi connectivity index (χ3n) is 6.98. The number of carbonyl (C=O) groups excluding carboxylic acids is 1. The molecule has 1 aromatic carbocycles. The molecule has 0 radical (unpaired) electrons. The number of nitrogens with one attached hydrogen (secondary N) is 1. The molecule has 180 valence electrons. The molecular formula is C22H32Cl3N3O3S. The zero-order chi connectivity index (χ0) is 22.1. The zero-order valence-electron chi connectivity index (χ0n) is 18.2. The Morgan fingerprint density at radius 1 is 1.06 bits per heavy atom. The van der Waals surface area contributed by atoms with Crippen molar-refractivity contribution in [2.24, 2.45) is 5.92 Å². The fourth-order valence-electron chi connectivity index (χ4n) is 4.96. The summed E-state index contributed by atoms with van der Waals surface area (Å²) in [6.07, 6.45) is 7.55. The monoisotopic (exact) mass is 523 g/mol. The van der Waals surface area contributed by atoms with Crippen LogP contribution in [0.25, 0.3) is 0 Å². The van der Waals surface area contributed by atoms with Gasteiger partial charge >= 0.3 is 0 Å². The lowest BCUT2D eigenvalue weighted by molar-refractivity contribution is 0.0240. The summed E-state index contributed by atoms with van der Waals surface area (Å²) < 4.78 is 27.0. The summed E-state index contributed by atoms with van der Waals surface area (Å²) in [4.78, 5) is 15.2. The standard InChI is InChI=1S/C22H31Cl2N3O3S.ClH/c23-18-6-7-19(20(24)14-18)21(28)25-16-22(8-2-1-3-9-22)26-10-12-27(13-11-26)31(29,30)15-17-4-5-17;/h6-7,14,17H,1-5,8-13,15-16H2,(H,25,28);1H. The molecule has 1 aromatic rings. The van der Waals surface area contributed by atoms with Gasteiger partial charge in [-0.1, -0.05) is 42.5 Å². The van der Waals surface area contributed by atoms with Crippen LogP contribution in [0.15, 0.2) is 18.2 Å². The molecule has 2 aliphatic carbocycles. The number of sulfonamides is 1. The van der Waals surface area contributed by atoms with Crippen molar-refractivity contribution in [3.8, 4) is 0 Å². The van der Waals surface area contributed by atoms with Gasteiger partial charge in [0.05, 0.1) is 16.3 Å². The minimum atomic E-state index is -3.15. The number of hydrogen-bond acceptors (Lipinski definition) is 4. The van der Waals surface area contributed by atoms with Crippen LogP contribution in [0.2, 0.25) is 10.0 Å². The van der Waals surface area contributed by atoms with Crippen LogP contribution in [-0.4, -0.2) is 67.5 Å². The van der Waals surface area contributed by atoms with E-state index in [2.05, 4.69) is 10.2 Å². The van der Waals surface area contributed by atoms with Gasteiger partial charge in [0.2, 0.25) is 10.0 Å². The van der Waals surface area contributed by atoms with Gasteiger partial charge in [0.25, 0.3) is 5.91 Å². The molecule has 1 saturated heterocycles. The normalized spacial score (nSPS) is 22.2. The number of carbonyl (C=O) groups is 1. The van der Waals surface area contributed by atoms with Crippen molar-refractivity contribution in [1.82, 2.24) is 14.5 Å². The highest BCUT2D eigenvalue weighted by atomic mass is 35.5. The zero-order valence-corrected chi connectivity index (χ0v) is 21.3. The number of halogens is 3. The van der Waals surface area contributed by atoms with Crippen LogP contribution in [-0.2, 0) is 10.0 Å². The van der Waals surface area contributed by atoms with Gasteiger partial charge in [0.15, 0.2) is 0 Å².